The number of piperazine rings is 1. The van der Waals surface area contributed by atoms with Crippen molar-refractivity contribution in [1.82, 2.24) is 19.6 Å². The van der Waals surface area contributed by atoms with Gasteiger partial charge < -0.3 is 19.6 Å². The molecule has 0 spiro atoms. The number of nitrogens with zero attached hydrogens (tertiary/aromatic N) is 4. The van der Waals surface area contributed by atoms with E-state index in [0.717, 1.165) is 108 Å². The molecule has 2 unspecified atom stereocenters. The molecule has 240 valence electrons. The standard InChI is InChI=1S/C36H52N4O4/c1-4-18-38-23-25-40(29(3)28-38)35(31-14-11-16-33(41)27-31)30-13-10-15-32(26-30)36(43)39-21-12-20-37(22-24-39)19-9-7-6-8-17-34(42)44-5-2/h4,10-11,13-16,26-27,29,35,41H,1,5-9,12,17-25,28H2,2-3H3. The summed E-state index contributed by atoms with van der Waals surface area (Å²) < 4.78 is 5.01. The van der Waals surface area contributed by atoms with Gasteiger partial charge in [0.1, 0.15) is 5.75 Å². The number of unbranched alkanes of at least 4 members (excludes halogenated alkanes) is 3. The van der Waals surface area contributed by atoms with Gasteiger partial charge in [-0.2, -0.15) is 0 Å². The summed E-state index contributed by atoms with van der Waals surface area (Å²) in [4.78, 5) is 34.7. The van der Waals surface area contributed by atoms with Crippen LogP contribution in [-0.2, 0) is 9.53 Å². The number of carbonyl (C=O) groups is 2. The molecule has 0 radical (unpaired) electrons. The predicted molar refractivity (Wildman–Crippen MR) is 176 cm³/mol. The van der Waals surface area contributed by atoms with E-state index in [-0.39, 0.29) is 23.7 Å². The van der Waals surface area contributed by atoms with Crippen LogP contribution in [0.25, 0.3) is 0 Å². The van der Waals surface area contributed by atoms with Crippen LogP contribution >= 0.6 is 0 Å². The minimum atomic E-state index is -0.0955. The van der Waals surface area contributed by atoms with Gasteiger partial charge in [-0.3, -0.25) is 19.4 Å². The molecule has 2 aliphatic heterocycles. The Morgan fingerprint density at radius 3 is 2.45 bits per heavy atom. The molecule has 0 aromatic heterocycles. The van der Waals surface area contributed by atoms with Crippen molar-refractivity contribution in [3.8, 4) is 5.75 Å². The number of hydrogen-bond donors (Lipinski definition) is 1. The van der Waals surface area contributed by atoms with Crippen LogP contribution in [0.1, 0.15) is 79.9 Å². The molecule has 2 aromatic rings. The number of benzene rings is 2. The molecule has 2 saturated heterocycles. The second-order valence-electron chi connectivity index (χ2n) is 12.2. The molecule has 4 rings (SSSR count). The first-order valence-corrected chi connectivity index (χ1v) is 16.5. The highest BCUT2D eigenvalue weighted by molar-refractivity contribution is 5.94. The lowest BCUT2D eigenvalue weighted by Gasteiger charge is -2.44. The third-order valence-electron chi connectivity index (χ3n) is 8.90. The van der Waals surface area contributed by atoms with Crippen molar-refractivity contribution < 1.29 is 19.4 Å². The molecular weight excluding hydrogens is 552 g/mol. The maximum atomic E-state index is 13.8. The Hall–Kier alpha value is -3.20. The van der Waals surface area contributed by atoms with Gasteiger partial charge >= 0.3 is 5.97 Å². The molecule has 2 aromatic carbocycles. The number of amides is 1. The van der Waals surface area contributed by atoms with Gasteiger partial charge in [0.15, 0.2) is 0 Å². The van der Waals surface area contributed by atoms with Gasteiger partial charge in [0, 0.05) is 63.8 Å². The van der Waals surface area contributed by atoms with Crippen LogP contribution in [0.4, 0.5) is 0 Å². The monoisotopic (exact) mass is 604 g/mol. The lowest BCUT2D eigenvalue weighted by Crippen LogP contribution is -2.53. The Kier molecular flexibility index (Phi) is 13.3. The van der Waals surface area contributed by atoms with Gasteiger partial charge in [-0.05, 0) is 81.6 Å². The smallest absolute Gasteiger partial charge is 0.305 e. The molecule has 1 amide bonds. The second kappa shape index (κ2) is 17.3. The van der Waals surface area contributed by atoms with Crippen LogP contribution in [0.15, 0.2) is 61.2 Å². The van der Waals surface area contributed by atoms with Crippen molar-refractivity contribution in [2.45, 2.75) is 64.5 Å². The van der Waals surface area contributed by atoms with Gasteiger partial charge in [-0.25, -0.2) is 0 Å². The van der Waals surface area contributed by atoms with E-state index in [4.69, 9.17) is 4.74 Å². The molecule has 44 heavy (non-hydrogen) atoms. The van der Waals surface area contributed by atoms with Crippen molar-refractivity contribution in [3.05, 3.63) is 77.9 Å². The lowest BCUT2D eigenvalue weighted by atomic mass is 9.93. The maximum absolute atomic E-state index is 13.8. The van der Waals surface area contributed by atoms with Crippen molar-refractivity contribution in [3.63, 3.8) is 0 Å². The number of phenols is 1. The fraction of sp³-hybridized carbons (Fsp3) is 0.556. The molecule has 2 heterocycles. The SMILES string of the molecule is C=CCN1CCN(C(c2cccc(O)c2)c2cccc(C(=O)N3CCCN(CCCCCCC(=O)OCC)CC3)c2)C(C)C1. The van der Waals surface area contributed by atoms with Gasteiger partial charge in [-0.1, -0.05) is 43.2 Å². The molecule has 8 nitrogen and oxygen atoms in total. The Balaban J connectivity index is 1.38. The van der Waals surface area contributed by atoms with Crippen LogP contribution in [-0.4, -0.2) is 108 Å². The molecule has 0 aliphatic carbocycles. The summed E-state index contributed by atoms with van der Waals surface area (Å²) in [5.41, 5.74) is 2.83. The first-order chi connectivity index (χ1) is 21.4. The number of hydrogen-bond acceptors (Lipinski definition) is 7. The Labute approximate surface area is 264 Å². The number of esters is 1. The van der Waals surface area contributed by atoms with Crippen LogP contribution < -0.4 is 0 Å². The average molecular weight is 605 g/mol. The molecule has 1 N–H and O–H groups in total. The highest BCUT2D eigenvalue weighted by Gasteiger charge is 2.32. The predicted octanol–water partition coefficient (Wildman–Crippen LogP) is 5.34. The Morgan fingerprint density at radius 2 is 1.70 bits per heavy atom. The minimum Gasteiger partial charge on any atom is -0.508 e. The van der Waals surface area contributed by atoms with E-state index in [1.807, 2.05) is 42.2 Å². The zero-order valence-corrected chi connectivity index (χ0v) is 26.8. The zero-order valence-electron chi connectivity index (χ0n) is 26.8. The van der Waals surface area contributed by atoms with Crippen LogP contribution in [0.5, 0.6) is 5.75 Å². The summed E-state index contributed by atoms with van der Waals surface area (Å²) in [5, 5.41) is 10.4. The number of ether oxygens (including phenoxy) is 1. The number of aromatic hydroxyl groups is 1. The summed E-state index contributed by atoms with van der Waals surface area (Å²) in [6.45, 7) is 16.5. The number of carbonyl (C=O) groups excluding carboxylic acids is 2. The summed E-state index contributed by atoms with van der Waals surface area (Å²) in [6.07, 6.45) is 7.58. The summed E-state index contributed by atoms with van der Waals surface area (Å²) in [5.74, 6) is 0.247. The summed E-state index contributed by atoms with van der Waals surface area (Å²) in [6, 6.07) is 15.9. The maximum Gasteiger partial charge on any atom is 0.305 e. The van der Waals surface area contributed by atoms with E-state index >= 15 is 0 Å². The molecule has 2 aliphatic rings. The van der Waals surface area contributed by atoms with Gasteiger partial charge in [0.05, 0.1) is 12.6 Å². The normalized spacial score (nSPS) is 19.3. The summed E-state index contributed by atoms with van der Waals surface area (Å²) in [7, 11) is 0. The quantitative estimate of drug-likeness (QED) is 0.177. The Morgan fingerprint density at radius 1 is 0.955 bits per heavy atom. The van der Waals surface area contributed by atoms with Gasteiger partial charge in [-0.15, -0.1) is 6.58 Å². The second-order valence-corrected chi connectivity index (χ2v) is 12.2. The van der Waals surface area contributed by atoms with E-state index in [9.17, 15) is 14.7 Å². The third-order valence-corrected chi connectivity index (χ3v) is 8.90. The highest BCUT2D eigenvalue weighted by atomic mass is 16.5. The van der Waals surface area contributed by atoms with E-state index in [0.29, 0.717) is 19.1 Å². The molecule has 8 heteroatoms. The van der Waals surface area contributed by atoms with E-state index in [1.54, 1.807) is 6.07 Å². The fourth-order valence-corrected chi connectivity index (χ4v) is 6.66. The zero-order chi connectivity index (χ0) is 31.3. The molecule has 2 fully saturated rings. The van der Waals surface area contributed by atoms with Crippen molar-refractivity contribution >= 4 is 11.9 Å². The number of phenolic OH excluding ortho intramolecular Hbond substituents is 1. The number of rotatable bonds is 14. The van der Waals surface area contributed by atoms with E-state index < -0.39 is 0 Å². The third kappa shape index (κ3) is 9.65. The highest BCUT2D eigenvalue weighted by Crippen LogP contribution is 2.34. The van der Waals surface area contributed by atoms with Gasteiger partial charge in [0.25, 0.3) is 5.91 Å². The van der Waals surface area contributed by atoms with Crippen molar-refractivity contribution in [1.29, 1.82) is 0 Å². The van der Waals surface area contributed by atoms with Crippen molar-refractivity contribution in [2.75, 3.05) is 65.5 Å². The van der Waals surface area contributed by atoms with E-state index in [2.05, 4.69) is 46.4 Å². The largest absolute Gasteiger partial charge is 0.508 e. The fourth-order valence-electron chi connectivity index (χ4n) is 6.66. The first-order valence-electron chi connectivity index (χ1n) is 16.5. The average Bonchev–Trinajstić information content (AvgIpc) is 3.26. The van der Waals surface area contributed by atoms with Crippen LogP contribution in [0.3, 0.4) is 0 Å². The van der Waals surface area contributed by atoms with Crippen LogP contribution in [0, 0.1) is 0 Å². The first kappa shape index (κ1) is 33.7. The van der Waals surface area contributed by atoms with E-state index in [1.165, 1.54) is 0 Å². The summed E-state index contributed by atoms with van der Waals surface area (Å²) >= 11 is 0. The lowest BCUT2D eigenvalue weighted by molar-refractivity contribution is -0.143. The topological polar surface area (TPSA) is 76.6 Å². The molecule has 0 bridgehead atoms. The minimum absolute atomic E-state index is 0.0624. The van der Waals surface area contributed by atoms with Crippen LogP contribution in [0.2, 0.25) is 0 Å². The molecular formula is C36H52N4O4. The molecule has 0 saturated carbocycles. The Bertz CT molecular complexity index is 1220. The van der Waals surface area contributed by atoms with Crippen molar-refractivity contribution in [2.24, 2.45) is 0 Å². The molecule has 2 atom stereocenters. The van der Waals surface area contributed by atoms with Gasteiger partial charge in [0.2, 0.25) is 0 Å².